The number of nitrogens with zero attached hydrogens (tertiary/aromatic N) is 1. The molecule has 0 fully saturated rings. The molecule has 0 saturated heterocycles. The Kier molecular flexibility index (Phi) is 11.0. The Balaban J connectivity index is 2.05. The predicted molar refractivity (Wildman–Crippen MR) is 146 cm³/mol. The molecule has 40 heavy (non-hydrogen) atoms. The van der Waals surface area contributed by atoms with Gasteiger partial charge in [-0.1, -0.05) is 72.8 Å². The normalized spacial score (nSPS) is 18.7. The van der Waals surface area contributed by atoms with Crippen molar-refractivity contribution in [3.63, 3.8) is 0 Å². The van der Waals surface area contributed by atoms with Crippen molar-refractivity contribution in [1.29, 1.82) is 0 Å². The first-order valence-corrected chi connectivity index (χ1v) is 13.1. The molecule has 0 heterocycles. The van der Waals surface area contributed by atoms with Crippen LogP contribution in [0, 0.1) is 0 Å². The van der Waals surface area contributed by atoms with Crippen LogP contribution < -0.4 is 5.73 Å². The van der Waals surface area contributed by atoms with Gasteiger partial charge in [-0.05, 0) is 37.3 Å². The number of benzene rings is 2. The molecule has 1 aliphatic rings. The summed E-state index contributed by atoms with van der Waals surface area (Å²) in [5, 5.41) is 9.26. The summed E-state index contributed by atoms with van der Waals surface area (Å²) in [6.07, 6.45) is 3.13. The third-order valence-corrected chi connectivity index (χ3v) is 6.70. The smallest absolute Gasteiger partial charge is 0.417 e. The first-order valence-electron chi connectivity index (χ1n) is 13.1. The number of carbonyl (C=O) groups excluding carboxylic acids is 3. The zero-order valence-corrected chi connectivity index (χ0v) is 22.7. The van der Waals surface area contributed by atoms with E-state index in [0.29, 0.717) is 23.3 Å². The van der Waals surface area contributed by atoms with Gasteiger partial charge in [0.25, 0.3) is 0 Å². The van der Waals surface area contributed by atoms with Crippen LogP contribution >= 0.6 is 0 Å². The fraction of sp³-hybridized carbons (Fsp3) is 0.400. The fourth-order valence-electron chi connectivity index (χ4n) is 4.61. The number of ether oxygens (including phenoxy) is 3. The highest BCUT2D eigenvalue weighted by Crippen LogP contribution is 2.32. The third kappa shape index (κ3) is 8.49. The molecule has 2 aromatic carbocycles. The van der Waals surface area contributed by atoms with E-state index in [1.165, 1.54) is 0 Å². The van der Waals surface area contributed by atoms with Crippen molar-refractivity contribution in [2.24, 2.45) is 5.73 Å². The molecule has 3 rings (SSSR count). The van der Waals surface area contributed by atoms with Crippen LogP contribution in [0.25, 0.3) is 0 Å². The molecule has 2 amide bonds. The standard InChI is InChI=1S/C30H36N2O8/c1-30(16-10-5-11-17-30)40-24(18-21-12-6-3-7-13-21)26(28(36)38-2)32(27(35)23(31)19-25(33)34)29(37)39-20-22-14-8-4-9-15-22/h3-10,12-15,23-24,26H,11,16-20,31H2,1-2H3,(H,33,34)/t23-,24?,26-,30?/m0/s1. The molecule has 1 aliphatic carbocycles. The zero-order valence-electron chi connectivity index (χ0n) is 22.7. The van der Waals surface area contributed by atoms with Crippen LogP contribution in [-0.4, -0.2) is 64.8 Å². The monoisotopic (exact) mass is 552 g/mol. The number of carboxylic acids is 1. The van der Waals surface area contributed by atoms with E-state index in [1.54, 1.807) is 30.3 Å². The average Bonchev–Trinajstić information content (AvgIpc) is 2.94. The van der Waals surface area contributed by atoms with Crippen molar-refractivity contribution < 1.29 is 38.5 Å². The molecule has 4 atom stereocenters. The van der Waals surface area contributed by atoms with Gasteiger partial charge in [0, 0.05) is 6.42 Å². The number of methoxy groups -OCH3 is 1. The number of imide groups is 1. The lowest BCUT2D eigenvalue weighted by molar-refractivity contribution is -0.168. The second-order valence-electron chi connectivity index (χ2n) is 9.93. The van der Waals surface area contributed by atoms with Crippen LogP contribution in [0.15, 0.2) is 72.8 Å². The highest BCUT2D eigenvalue weighted by molar-refractivity contribution is 6.00. The molecule has 2 aromatic rings. The maximum atomic E-state index is 13.6. The van der Waals surface area contributed by atoms with E-state index < -0.39 is 54.1 Å². The Bertz CT molecular complexity index is 1190. The molecule has 0 aliphatic heterocycles. The minimum atomic E-state index is -1.63. The van der Waals surface area contributed by atoms with E-state index in [4.69, 9.17) is 19.9 Å². The van der Waals surface area contributed by atoms with Crippen molar-refractivity contribution in [2.45, 2.75) is 69.4 Å². The second-order valence-corrected chi connectivity index (χ2v) is 9.93. The molecule has 214 valence electrons. The predicted octanol–water partition coefficient (Wildman–Crippen LogP) is 3.62. The quantitative estimate of drug-likeness (QED) is 0.298. The second kappa shape index (κ2) is 14.4. The molecule has 2 unspecified atom stereocenters. The van der Waals surface area contributed by atoms with Gasteiger partial charge in [0.1, 0.15) is 6.61 Å². The lowest BCUT2D eigenvalue weighted by Crippen LogP contribution is -2.60. The van der Waals surface area contributed by atoms with E-state index in [0.717, 1.165) is 19.1 Å². The molecular formula is C30H36N2O8. The number of carboxylic acid groups (broad SMARTS) is 1. The Morgan fingerprint density at radius 3 is 2.17 bits per heavy atom. The number of rotatable bonds is 12. The number of hydrogen-bond acceptors (Lipinski definition) is 8. The fourth-order valence-corrected chi connectivity index (χ4v) is 4.61. The first kappa shape index (κ1) is 30.5. The summed E-state index contributed by atoms with van der Waals surface area (Å²) in [5.74, 6) is -3.36. The van der Waals surface area contributed by atoms with Crippen molar-refractivity contribution in [1.82, 2.24) is 4.90 Å². The van der Waals surface area contributed by atoms with Crippen molar-refractivity contribution in [2.75, 3.05) is 7.11 Å². The van der Waals surface area contributed by atoms with E-state index in [9.17, 15) is 24.3 Å². The average molecular weight is 553 g/mol. The van der Waals surface area contributed by atoms with Crippen LogP contribution in [0.5, 0.6) is 0 Å². The van der Waals surface area contributed by atoms with Gasteiger partial charge in [-0.3, -0.25) is 9.59 Å². The Morgan fingerprint density at radius 1 is 1.00 bits per heavy atom. The summed E-state index contributed by atoms with van der Waals surface area (Å²) in [6.45, 7) is 1.71. The van der Waals surface area contributed by atoms with Crippen LogP contribution in [0.3, 0.4) is 0 Å². The Labute approximate surface area is 233 Å². The topological polar surface area (TPSA) is 145 Å². The van der Waals surface area contributed by atoms with Crippen LogP contribution in [0.2, 0.25) is 0 Å². The van der Waals surface area contributed by atoms with Crippen molar-refractivity contribution in [3.05, 3.63) is 83.9 Å². The highest BCUT2D eigenvalue weighted by Gasteiger charge is 2.46. The number of aliphatic carboxylic acids is 1. The van der Waals surface area contributed by atoms with Gasteiger partial charge >= 0.3 is 18.0 Å². The van der Waals surface area contributed by atoms with E-state index in [2.05, 4.69) is 0 Å². The van der Waals surface area contributed by atoms with Crippen LogP contribution in [0.4, 0.5) is 4.79 Å². The molecule has 3 N–H and O–H groups in total. The van der Waals surface area contributed by atoms with Crippen molar-refractivity contribution in [3.8, 4) is 0 Å². The summed E-state index contributed by atoms with van der Waals surface area (Å²) < 4.78 is 17.1. The summed E-state index contributed by atoms with van der Waals surface area (Å²) in [6, 6.07) is 14.7. The van der Waals surface area contributed by atoms with Crippen LogP contribution in [-0.2, 0) is 41.6 Å². The third-order valence-electron chi connectivity index (χ3n) is 6.70. The lowest BCUT2D eigenvalue weighted by atomic mass is 9.89. The molecular weight excluding hydrogens is 516 g/mol. The van der Waals surface area contributed by atoms with E-state index in [-0.39, 0.29) is 13.0 Å². The Morgan fingerprint density at radius 2 is 1.62 bits per heavy atom. The Hall–Kier alpha value is -4.02. The molecule has 0 radical (unpaired) electrons. The number of allylic oxidation sites excluding steroid dienone is 1. The van der Waals surface area contributed by atoms with Gasteiger partial charge in [0.15, 0.2) is 6.04 Å². The zero-order chi connectivity index (χ0) is 29.1. The number of amides is 2. The summed E-state index contributed by atoms with van der Waals surface area (Å²) >= 11 is 0. The molecule has 10 heteroatoms. The SMILES string of the molecule is COC(=O)[C@H](C(Cc1ccccc1)OC1(C)CC=CCC1)N(C(=O)OCc1ccccc1)C(=O)[C@@H](N)CC(=O)O. The minimum Gasteiger partial charge on any atom is -0.481 e. The van der Waals surface area contributed by atoms with Gasteiger partial charge in [-0.25, -0.2) is 14.5 Å². The van der Waals surface area contributed by atoms with Gasteiger partial charge < -0.3 is 25.1 Å². The lowest BCUT2D eigenvalue weighted by Gasteiger charge is -2.40. The van der Waals surface area contributed by atoms with Gasteiger partial charge in [-0.15, -0.1) is 0 Å². The number of nitrogens with two attached hydrogens (primary N) is 1. The summed E-state index contributed by atoms with van der Waals surface area (Å²) in [4.78, 5) is 52.4. The van der Waals surface area contributed by atoms with Gasteiger partial charge in [-0.2, -0.15) is 0 Å². The highest BCUT2D eigenvalue weighted by atomic mass is 16.6. The van der Waals surface area contributed by atoms with Gasteiger partial charge in [0.2, 0.25) is 5.91 Å². The number of carbonyl (C=O) groups is 4. The maximum Gasteiger partial charge on any atom is 0.417 e. The molecule has 0 saturated carbocycles. The number of esters is 1. The summed E-state index contributed by atoms with van der Waals surface area (Å²) in [7, 11) is 1.13. The molecule has 0 aromatic heterocycles. The number of hydrogen-bond donors (Lipinski definition) is 2. The molecule has 0 bridgehead atoms. The maximum absolute atomic E-state index is 13.6. The minimum absolute atomic E-state index is 0.143. The van der Waals surface area contributed by atoms with Crippen molar-refractivity contribution >= 4 is 23.9 Å². The van der Waals surface area contributed by atoms with E-state index >= 15 is 0 Å². The van der Waals surface area contributed by atoms with Gasteiger partial charge in [0.05, 0.1) is 31.3 Å². The largest absolute Gasteiger partial charge is 0.481 e. The molecule has 0 spiro atoms. The molecule has 10 nitrogen and oxygen atoms in total. The van der Waals surface area contributed by atoms with E-state index in [1.807, 2.05) is 49.4 Å². The first-order chi connectivity index (χ1) is 19.1. The summed E-state index contributed by atoms with van der Waals surface area (Å²) in [5.41, 5.74) is 6.66. The van der Waals surface area contributed by atoms with Crippen LogP contribution in [0.1, 0.15) is 43.7 Å².